The molecule has 2 aromatic carbocycles. The fourth-order valence-corrected chi connectivity index (χ4v) is 5.51. The van der Waals surface area contributed by atoms with Crippen LogP contribution in [0.5, 0.6) is 5.75 Å². The summed E-state index contributed by atoms with van der Waals surface area (Å²) in [6, 6.07) is 10.6. The number of aryl methyl sites for hydroxylation is 2. The van der Waals surface area contributed by atoms with Crippen molar-refractivity contribution in [2.24, 2.45) is 0 Å². The van der Waals surface area contributed by atoms with Crippen LogP contribution in [0.3, 0.4) is 0 Å². The van der Waals surface area contributed by atoms with Gasteiger partial charge < -0.3 is 9.64 Å². The summed E-state index contributed by atoms with van der Waals surface area (Å²) in [5.41, 5.74) is 2.17. The highest BCUT2D eigenvalue weighted by Gasteiger charge is 2.31. The third-order valence-electron chi connectivity index (χ3n) is 4.89. The standard InChI is InChI=1S/C20H23BrN2O4S/c1-14-4-5-15(2)19(12-14)28(25,26)23-10-8-22(9-11-23)20(24)16-6-7-18(27-3)17(21)13-16/h4-7,12-13H,8-11H2,1-3H3. The molecule has 0 unspecified atom stereocenters. The van der Waals surface area contributed by atoms with Crippen molar-refractivity contribution in [2.75, 3.05) is 33.3 Å². The van der Waals surface area contributed by atoms with Crippen LogP contribution in [0, 0.1) is 13.8 Å². The van der Waals surface area contributed by atoms with E-state index in [1.807, 2.05) is 19.1 Å². The lowest BCUT2D eigenvalue weighted by Gasteiger charge is -2.34. The van der Waals surface area contributed by atoms with Crippen molar-refractivity contribution >= 4 is 31.9 Å². The fraction of sp³-hybridized carbons (Fsp3) is 0.350. The van der Waals surface area contributed by atoms with Crippen LogP contribution in [0.2, 0.25) is 0 Å². The molecule has 6 nitrogen and oxygen atoms in total. The summed E-state index contributed by atoms with van der Waals surface area (Å²) in [5.74, 6) is 0.535. The quantitative estimate of drug-likeness (QED) is 0.693. The van der Waals surface area contributed by atoms with E-state index in [0.29, 0.717) is 33.8 Å². The Morgan fingerprint density at radius 2 is 1.71 bits per heavy atom. The van der Waals surface area contributed by atoms with E-state index in [2.05, 4.69) is 15.9 Å². The minimum absolute atomic E-state index is 0.118. The van der Waals surface area contributed by atoms with E-state index in [-0.39, 0.29) is 19.0 Å². The van der Waals surface area contributed by atoms with Crippen LogP contribution >= 0.6 is 15.9 Å². The number of amides is 1. The zero-order chi connectivity index (χ0) is 20.5. The maximum atomic E-state index is 13.0. The number of hydrogen-bond acceptors (Lipinski definition) is 4. The van der Waals surface area contributed by atoms with Crippen LogP contribution in [0.4, 0.5) is 0 Å². The van der Waals surface area contributed by atoms with Gasteiger partial charge in [0.15, 0.2) is 0 Å². The van der Waals surface area contributed by atoms with Gasteiger partial charge in [-0.2, -0.15) is 4.31 Å². The number of rotatable bonds is 4. The average Bonchev–Trinajstić information content (AvgIpc) is 2.69. The van der Waals surface area contributed by atoms with E-state index in [9.17, 15) is 13.2 Å². The molecular formula is C20H23BrN2O4S. The number of sulfonamides is 1. The minimum Gasteiger partial charge on any atom is -0.496 e. The molecular weight excluding hydrogens is 444 g/mol. The van der Waals surface area contributed by atoms with E-state index >= 15 is 0 Å². The number of nitrogens with zero attached hydrogens (tertiary/aromatic N) is 2. The molecule has 1 aliphatic heterocycles. The predicted octanol–water partition coefficient (Wildman–Crippen LogP) is 3.22. The van der Waals surface area contributed by atoms with Crippen molar-refractivity contribution in [3.8, 4) is 5.75 Å². The first kappa shape index (κ1) is 20.8. The summed E-state index contributed by atoms with van der Waals surface area (Å²) >= 11 is 3.39. The number of ether oxygens (including phenoxy) is 1. The third kappa shape index (κ3) is 4.09. The topological polar surface area (TPSA) is 66.9 Å². The summed E-state index contributed by atoms with van der Waals surface area (Å²) in [7, 11) is -2.01. The molecule has 1 aliphatic rings. The summed E-state index contributed by atoms with van der Waals surface area (Å²) in [6.45, 7) is 4.94. The lowest BCUT2D eigenvalue weighted by atomic mass is 10.2. The monoisotopic (exact) mass is 466 g/mol. The third-order valence-corrected chi connectivity index (χ3v) is 7.55. The van der Waals surface area contributed by atoms with Gasteiger partial charge in [0.2, 0.25) is 10.0 Å². The van der Waals surface area contributed by atoms with Crippen molar-refractivity contribution < 1.29 is 17.9 Å². The predicted molar refractivity (Wildman–Crippen MR) is 111 cm³/mol. The van der Waals surface area contributed by atoms with Crippen LogP contribution < -0.4 is 4.74 Å². The Hall–Kier alpha value is -1.90. The zero-order valence-corrected chi connectivity index (χ0v) is 18.5. The fourth-order valence-electron chi connectivity index (χ4n) is 3.24. The Morgan fingerprint density at radius 1 is 1.04 bits per heavy atom. The van der Waals surface area contributed by atoms with E-state index in [1.165, 1.54) is 4.31 Å². The van der Waals surface area contributed by atoms with E-state index in [4.69, 9.17) is 4.74 Å². The molecule has 1 fully saturated rings. The van der Waals surface area contributed by atoms with Gasteiger partial charge in [0.1, 0.15) is 5.75 Å². The normalized spacial score (nSPS) is 15.5. The molecule has 150 valence electrons. The van der Waals surface area contributed by atoms with Gasteiger partial charge in [-0.25, -0.2) is 8.42 Å². The van der Waals surface area contributed by atoms with Crippen LogP contribution in [0.1, 0.15) is 21.5 Å². The van der Waals surface area contributed by atoms with Crippen molar-refractivity contribution in [2.45, 2.75) is 18.7 Å². The van der Waals surface area contributed by atoms with Crippen LogP contribution in [0.25, 0.3) is 0 Å². The Morgan fingerprint density at radius 3 is 2.32 bits per heavy atom. The van der Waals surface area contributed by atoms with Gasteiger partial charge in [-0.1, -0.05) is 12.1 Å². The Bertz CT molecular complexity index is 999. The van der Waals surface area contributed by atoms with Gasteiger partial charge >= 0.3 is 0 Å². The van der Waals surface area contributed by atoms with Gasteiger partial charge in [0.05, 0.1) is 16.5 Å². The number of carbonyl (C=O) groups excluding carboxylic acids is 1. The molecule has 28 heavy (non-hydrogen) atoms. The highest BCUT2D eigenvalue weighted by atomic mass is 79.9. The number of halogens is 1. The van der Waals surface area contributed by atoms with Crippen LogP contribution in [0.15, 0.2) is 45.8 Å². The second-order valence-corrected chi connectivity index (χ2v) is 9.58. The Kier molecular flexibility index (Phi) is 6.12. The zero-order valence-electron chi connectivity index (χ0n) is 16.1. The molecule has 0 N–H and O–H groups in total. The molecule has 1 saturated heterocycles. The molecule has 0 aliphatic carbocycles. The molecule has 0 saturated carbocycles. The molecule has 0 spiro atoms. The molecule has 0 aromatic heterocycles. The van der Waals surface area contributed by atoms with Gasteiger partial charge in [-0.05, 0) is 65.2 Å². The first-order chi connectivity index (χ1) is 13.2. The van der Waals surface area contributed by atoms with Crippen molar-refractivity contribution in [3.63, 3.8) is 0 Å². The number of hydrogen-bond donors (Lipinski definition) is 0. The molecule has 0 bridgehead atoms. The largest absolute Gasteiger partial charge is 0.496 e. The number of carbonyl (C=O) groups is 1. The first-order valence-electron chi connectivity index (χ1n) is 8.94. The SMILES string of the molecule is COc1ccc(C(=O)N2CCN(S(=O)(=O)c3cc(C)ccc3C)CC2)cc1Br. The number of benzene rings is 2. The Balaban J connectivity index is 1.72. The molecule has 0 atom stereocenters. The molecule has 0 radical (unpaired) electrons. The number of methoxy groups -OCH3 is 1. The van der Waals surface area contributed by atoms with Crippen molar-refractivity contribution in [3.05, 3.63) is 57.6 Å². The first-order valence-corrected chi connectivity index (χ1v) is 11.2. The van der Waals surface area contributed by atoms with Gasteiger partial charge in [0, 0.05) is 31.7 Å². The second-order valence-electron chi connectivity index (χ2n) is 6.81. The van der Waals surface area contributed by atoms with Crippen molar-refractivity contribution in [1.82, 2.24) is 9.21 Å². The highest BCUT2D eigenvalue weighted by Crippen LogP contribution is 2.27. The summed E-state index contributed by atoms with van der Waals surface area (Å²) < 4.78 is 33.4. The maximum Gasteiger partial charge on any atom is 0.253 e. The van der Waals surface area contributed by atoms with E-state index in [0.717, 1.165) is 11.1 Å². The molecule has 2 aromatic rings. The lowest BCUT2D eigenvalue weighted by molar-refractivity contribution is 0.0697. The molecule has 3 rings (SSSR count). The van der Waals surface area contributed by atoms with Gasteiger partial charge in [-0.15, -0.1) is 0 Å². The van der Waals surface area contributed by atoms with E-state index in [1.54, 1.807) is 43.2 Å². The molecule has 1 amide bonds. The van der Waals surface area contributed by atoms with Crippen LogP contribution in [-0.2, 0) is 10.0 Å². The Labute approximate surface area is 174 Å². The summed E-state index contributed by atoms with van der Waals surface area (Å²) in [6.07, 6.45) is 0. The van der Waals surface area contributed by atoms with Gasteiger partial charge in [-0.3, -0.25) is 4.79 Å². The second kappa shape index (κ2) is 8.23. The summed E-state index contributed by atoms with van der Waals surface area (Å²) in [5, 5.41) is 0. The molecule has 8 heteroatoms. The maximum absolute atomic E-state index is 13.0. The van der Waals surface area contributed by atoms with Crippen molar-refractivity contribution in [1.29, 1.82) is 0 Å². The molecule has 1 heterocycles. The number of piperazine rings is 1. The van der Waals surface area contributed by atoms with Crippen LogP contribution in [-0.4, -0.2) is 56.8 Å². The van der Waals surface area contributed by atoms with Gasteiger partial charge in [0.25, 0.3) is 5.91 Å². The smallest absolute Gasteiger partial charge is 0.253 e. The average molecular weight is 467 g/mol. The lowest BCUT2D eigenvalue weighted by Crippen LogP contribution is -2.50. The summed E-state index contributed by atoms with van der Waals surface area (Å²) in [4.78, 5) is 14.8. The highest BCUT2D eigenvalue weighted by molar-refractivity contribution is 9.10. The minimum atomic E-state index is -3.57. The van der Waals surface area contributed by atoms with E-state index < -0.39 is 10.0 Å².